The first kappa shape index (κ1) is 27.4. The van der Waals surface area contributed by atoms with E-state index in [0.717, 1.165) is 55.9 Å². The maximum absolute atomic E-state index is 12.8. The lowest BCUT2D eigenvalue weighted by molar-refractivity contribution is 0.145. The predicted molar refractivity (Wildman–Crippen MR) is 154 cm³/mol. The van der Waals surface area contributed by atoms with Crippen molar-refractivity contribution in [3.8, 4) is 17.6 Å². The highest BCUT2D eigenvalue weighted by Crippen LogP contribution is 2.35. The number of hydrogen-bond donors (Lipinski definition) is 1. The number of ether oxygens (including phenoxy) is 2. The number of nitrogens with zero attached hydrogens (tertiary/aromatic N) is 7. The molecule has 2 saturated heterocycles. The molecule has 2 aromatic carbocycles. The second-order valence-corrected chi connectivity index (χ2v) is 10.2. The number of methoxy groups -OCH3 is 1. The molecule has 2 aliphatic rings. The Morgan fingerprint density at radius 3 is 2.45 bits per heavy atom. The standard InChI is InChI=1S/C29H36N8O3/c1-34-9-11-35(12-10-34)8-3-17-40-27-19-25-24(18-26(27)39-2)28(32-21-31-25)36-13-15-37(16-14-36)29(38)33-23-6-4-22(20-30)5-7-23/h4-7,18-19,21H,3,8-17H2,1-2H3,(H,33,38). The Hall–Kier alpha value is -4.14. The summed E-state index contributed by atoms with van der Waals surface area (Å²) in [5.41, 5.74) is 2.01. The summed E-state index contributed by atoms with van der Waals surface area (Å²) in [6, 6.07) is 12.6. The number of carbonyl (C=O) groups is 1. The van der Waals surface area contributed by atoms with Gasteiger partial charge in [0.15, 0.2) is 11.5 Å². The van der Waals surface area contributed by atoms with E-state index in [1.807, 2.05) is 12.1 Å². The van der Waals surface area contributed by atoms with Crippen molar-refractivity contribution >= 4 is 28.4 Å². The number of nitrogens with one attached hydrogen (secondary N) is 1. The third-order valence-electron chi connectivity index (χ3n) is 7.50. The van der Waals surface area contributed by atoms with E-state index in [2.05, 4.69) is 43.1 Å². The van der Waals surface area contributed by atoms with Gasteiger partial charge in [-0.05, 0) is 43.8 Å². The van der Waals surface area contributed by atoms with Gasteiger partial charge in [-0.25, -0.2) is 14.8 Å². The van der Waals surface area contributed by atoms with Gasteiger partial charge in [0.1, 0.15) is 12.1 Å². The van der Waals surface area contributed by atoms with Gasteiger partial charge in [0, 0.05) is 76.0 Å². The molecule has 210 valence electrons. The van der Waals surface area contributed by atoms with E-state index < -0.39 is 0 Å². The minimum atomic E-state index is -0.159. The van der Waals surface area contributed by atoms with Crippen LogP contribution in [0.25, 0.3) is 10.9 Å². The summed E-state index contributed by atoms with van der Waals surface area (Å²) < 4.78 is 11.8. The van der Waals surface area contributed by atoms with Gasteiger partial charge in [0.05, 0.1) is 30.9 Å². The molecule has 0 unspecified atom stereocenters. The lowest BCUT2D eigenvalue weighted by atomic mass is 10.2. The van der Waals surface area contributed by atoms with E-state index in [4.69, 9.17) is 14.7 Å². The van der Waals surface area contributed by atoms with E-state index in [1.54, 1.807) is 42.6 Å². The Kier molecular flexibility index (Phi) is 8.78. The van der Waals surface area contributed by atoms with Crippen LogP contribution in [-0.2, 0) is 0 Å². The molecule has 2 aliphatic heterocycles. The normalized spacial score (nSPS) is 16.5. The van der Waals surface area contributed by atoms with Crippen LogP contribution in [0, 0.1) is 11.3 Å². The number of hydrogen-bond acceptors (Lipinski definition) is 9. The van der Waals surface area contributed by atoms with E-state index in [-0.39, 0.29) is 6.03 Å². The minimum Gasteiger partial charge on any atom is -0.493 e. The molecular formula is C29H36N8O3. The van der Waals surface area contributed by atoms with Crippen molar-refractivity contribution in [3.05, 3.63) is 48.3 Å². The highest BCUT2D eigenvalue weighted by molar-refractivity contribution is 5.92. The fourth-order valence-electron chi connectivity index (χ4n) is 5.07. The number of benzene rings is 2. The minimum absolute atomic E-state index is 0.159. The number of piperazine rings is 2. The molecule has 5 rings (SSSR count). The molecular weight excluding hydrogens is 508 g/mol. The molecule has 0 saturated carbocycles. The Balaban J connectivity index is 1.19. The monoisotopic (exact) mass is 544 g/mol. The maximum atomic E-state index is 12.8. The summed E-state index contributed by atoms with van der Waals surface area (Å²) >= 11 is 0. The fraction of sp³-hybridized carbons (Fsp3) is 0.448. The molecule has 1 aromatic heterocycles. The molecule has 11 heteroatoms. The summed E-state index contributed by atoms with van der Waals surface area (Å²) in [7, 11) is 3.81. The van der Waals surface area contributed by atoms with Crippen molar-refractivity contribution in [1.82, 2.24) is 24.7 Å². The number of fused-ring (bicyclic) bond motifs is 1. The number of likely N-dealkylation sites (N-methyl/N-ethyl adjacent to an activating group) is 1. The van der Waals surface area contributed by atoms with E-state index in [9.17, 15) is 4.79 Å². The second-order valence-electron chi connectivity index (χ2n) is 10.2. The summed E-state index contributed by atoms with van der Waals surface area (Å²) in [5, 5.41) is 12.8. The third-order valence-corrected chi connectivity index (χ3v) is 7.50. The molecule has 3 heterocycles. The zero-order valence-corrected chi connectivity index (χ0v) is 23.2. The Morgan fingerprint density at radius 2 is 1.75 bits per heavy atom. The van der Waals surface area contributed by atoms with E-state index in [1.165, 1.54) is 0 Å². The first-order chi connectivity index (χ1) is 19.5. The van der Waals surface area contributed by atoms with Crippen LogP contribution in [-0.4, -0.2) is 110 Å². The molecule has 1 N–H and O–H groups in total. The van der Waals surface area contributed by atoms with Gasteiger partial charge < -0.3 is 34.4 Å². The van der Waals surface area contributed by atoms with Crippen molar-refractivity contribution in [2.24, 2.45) is 0 Å². The smallest absolute Gasteiger partial charge is 0.321 e. The number of rotatable bonds is 8. The van der Waals surface area contributed by atoms with Crippen molar-refractivity contribution in [2.75, 3.05) is 89.9 Å². The number of aromatic nitrogens is 2. The molecule has 0 bridgehead atoms. The highest BCUT2D eigenvalue weighted by Gasteiger charge is 2.24. The van der Waals surface area contributed by atoms with Crippen molar-refractivity contribution in [1.29, 1.82) is 5.26 Å². The maximum Gasteiger partial charge on any atom is 0.321 e. The van der Waals surface area contributed by atoms with Gasteiger partial charge >= 0.3 is 6.03 Å². The second kappa shape index (κ2) is 12.8. The van der Waals surface area contributed by atoms with Crippen molar-refractivity contribution < 1.29 is 14.3 Å². The van der Waals surface area contributed by atoms with Gasteiger partial charge in [-0.15, -0.1) is 0 Å². The molecule has 3 aromatic rings. The quantitative estimate of drug-likeness (QED) is 0.428. The number of nitriles is 1. The SMILES string of the molecule is COc1cc2c(N3CCN(C(=O)Nc4ccc(C#N)cc4)CC3)ncnc2cc1OCCCN1CCN(C)CC1. The van der Waals surface area contributed by atoms with Crippen LogP contribution in [0.3, 0.4) is 0 Å². The van der Waals surface area contributed by atoms with Crippen LogP contribution in [0.4, 0.5) is 16.3 Å². The van der Waals surface area contributed by atoms with Crippen LogP contribution in [0.15, 0.2) is 42.7 Å². The van der Waals surface area contributed by atoms with Crippen LogP contribution in [0.5, 0.6) is 11.5 Å². The Morgan fingerprint density at radius 1 is 1.00 bits per heavy atom. The predicted octanol–water partition coefficient (Wildman–Crippen LogP) is 2.88. The zero-order chi connectivity index (χ0) is 27.9. The number of urea groups is 1. The molecule has 0 aliphatic carbocycles. The summed E-state index contributed by atoms with van der Waals surface area (Å²) in [4.78, 5) is 30.7. The summed E-state index contributed by atoms with van der Waals surface area (Å²) in [5.74, 6) is 2.16. The fourth-order valence-corrected chi connectivity index (χ4v) is 5.07. The molecule has 0 radical (unpaired) electrons. The Labute approximate surface area is 234 Å². The number of amides is 2. The molecule has 0 spiro atoms. The van der Waals surface area contributed by atoms with Gasteiger partial charge in [-0.3, -0.25) is 0 Å². The van der Waals surface area contributed by atoms with Gasteiger partial charge in [-0.1, -0.05) is 0 Å². The Bertz CT molecular complexity index is 1340. The average Bonchev–Trinajstić information content (AvgIpc) is 3.00. The molecule has 2 amide bonds. The highest BCUT2D eigenvalue weighted by atomic mass is 16.5. The van der Waals surface area contributed by atoms with Crippen LogP contribution in [0.2, 0.25) is 0 Å². The lowest BCUT2D eigenvalue weighted by Gasteiger charge is -2.35. The first-order valence-electron chi connectivity index (χ1n) is 13.7. The van der Waals surface area contributed by atoms with Crippen molar-refractivity contribution in [2.45, 2.75) is 6.42 Å². The summed E-state index contributed by atoms with van der Waals surface area (Å²) in [6.45, 7) is 8.45. The van der Waals surface area contributed by atoms with E-state index >= 15 is 0 Å². The number of carbonyl (C=O) groups excluding carboxylic acids is 1. The lowest BCUT2D eigenvalue weighted by Crippen LogP contribution is -2.50. The molecule has 40 heavy (non-hydrogen) atoms. The van der Waals surface area contributed by atoms with Crippen LogP contribution >= 0.6 is 0 Å². The summed E-state index contributed by atoms with van der Waals surface area (Å²) in [6.07, 6.45) is 2.52. The number of anilines is 2. The van der Waals surface area contributed by atoms with Crippen LogP contribution < -0.4 is 19.7 Å². The van der Waals surface area contributed by atoms with E-state index in [0.29, 0.717) is 55.5 Å². The van der Waals surface area contributed by atoms with Gasteiger partial charge in [-0.2, -0.15) is 5.26 Å². The zero-order valence-electron chi connectivity index (χ0n) is 23.2. The molecule has 2 fully saturated rings. The average molecular weight is 545 g/mol. The largest absolute Gasteiger partial charge is 0.493 e. The van der Waals surface area contributed by atoms with Gasteiger partial charge in [0.25, 0.3) is 0 Å². The topological polar surface area (TPSA) is 110 Å². The van der Waals surface area contributed by atoms with Crippen molar-refractivity contribution in [3.63, 3.8) is 0 Å². The third kappa shape index (κ3) is 6.52. The first-order valence-corrected chi connectivity index (χ1v) is 13.7. The molecule has 0 atom stereocenters. The molecule has 11 nitrogen and oxygen atoms in total. The van der Waals surface area contributed by atoms with Crippen LogP contribution in [0.1, 0.15) is 12.0 Å². The van der Waals surface area contributed by atoms with Gasteiger partial charge in [0.2, 0.25) is 0 Å².